The summed E-state index contributed by atoms with van der Waals surface area (Å²) in [5, 5.41) is 5.19. The van der Waals surface area contributed by atoms with E-state index in [1.165, 1.54) is 13.8 Å². The average Bonchev–Trinajstić information content (AvgIpc) is 3.48. The molecule has 2 N–H and O–H groups in total. The summed E-state index contributed by atoms with van der Waals surface area (Å²) in [5.41, 5.74) is -0.350. The molecule has 1 saturated carbocycles. The number of ketones is 1. The summed E-state index contributed by atoms with van der Waals surface area (Å²) in [6, 6.07) is 5.82. The van der Waals surface area contributed by atoms with E-state index in [-0.39, 0.29) is 11.7 Å². The first kappa shape index (κ1) is 20.5. The number of amides is 4. The van der Waals surface area contributed by atoms with Gasteiger partial charge >= 0.3 is 12.0 Å². The van der Waals surface area contributed by atoms with Crippen molar-refractivity contribution in [2.75, 3.05) is 11.9 Å². The maximum atomic E-state index is 12.5. The second-order valence-electron chi connectivity index (χ2n) is 7.52. The zero-order chi connectivity index (χ0) is 21.3. The summed E-state index contributed by atoms with van der Waals surface area (Å²) in [5.74, 6) is -2.12. The number of urea groups is 1. The Balaban J connectivity index is 1.58. The highest BCUT2D eigenvalue weighted by atomic mass is 16.5. The molecule has 3 rings (SSSR count). The Bertz CT molecular complexity index is 894. The van der Waals surface area contributed by atoms with E-state index in [4.69, 9.17) is 4.74 Å². The van der Waals surface area contributed by atoms with E-state index in [2.05, 4.69) is 10.6 Å². The van der Waals surface area contributed by atoms with Gasteiger partial charge in [0.05, 0.1) is 5.69 Å². The fourth-order valence-electron chi connectivity index (χ4n) is 3.35. The molecule has 0 bridgehead atoms. The van der Waals surface area contributed by atoms with E-state index < -0.39 is 42.0 Å². The number of ether oxygens (including phenoxy) is 1. The molecule has 2 fully saturated rings. The topological polar surface area (TPSA) is 122 Å². The summed E-state index contributed by atoms with van der Waals surface area (Å²) >= 11 is 0. The van der Waals surface area contributed by atoms with Crippen molar-refractivity contribution in [3.8, 4) is 0 Å². The number of nitrogens with one attached hydrogen (secondary N) is 2. The van der Waals surface area contributed by atoms with Crippen LogP contribution in [0.2, 0.25) is 0 Å². The Labute approximate surface area is 167 Å². The molecule has 1 heterocycles. The number of benzene rings is 1. The van der Waals surface area contributed by atoms with E-state index in [9.17, 15) is 24.0 Å². The number of nitrogens with zero attached hydrogens (tertiary/aromatic N) is 1. The lowest BCUT2D eigenvalue weighted by Gasteiger charge is -2.21. The lowest BCUT2D eigenvalue weighted by molar-refractivity contribution is -0.155. The van der Waals surface area contributed by atoms with Gasteiger partial charge in [-0.05, 0) is 51.7 Å². The van der Waals surface area contributed by atoms with Gasteiger partial charge in [0.2, 0.25) is 0 Å². The predicted octanol–water partition coefficient (Wildman–Crippen LogP) is 1.48. The third-order valence-electron chi connectivity index (χ3n) is 5.22. The largest absolute Gasteiger partial charge is 0.451 e. The van der Waals surface area contributed by atoms with Gasteiger partial charge in [0.25, 0.3) is 11.8 Å². The molecule has 1 aliphatic carbocycles. The minimum Gasteiger partial charge on any atom is -0.451 e. The van der Waals surface area contributed by atoms with Crippen molar-refractivity contribution in [3.63, 3.8) is 0 Å². The van der Waals surface area contributed by atoms with Gasteiger partial charge < -0.3 is 15.4 Å². The molecule has 2 aliphatic rings. The number of anilines is 1. The zero-order valence-electron chi connectivity index (χ0n) is 16.5. The standard InChI is InChI=1S/C20H23N3O6/c1-11(24)14-6-4-5-7-15(14)21-17(26)12(2)29-16(25)10-23-18(27)20(3,13-8-9-13)22-19(23)28/h4-7,12-13H,8-10H2,1-3H3,(H,21,26)(H,22,28)/t12-,20+/m1/s1. The van der Waals surface area contributed by atoms with Crippen molar-refractivity contribution < 1.29 is 28.7 Å². The minimum atomic E-state index is -1.18. The number of Topliss-reactive ketones (excluding diaryl/α,β-unsaturated/α-hetero) is 1. The number of carbonyl (C=O) groups is 5. The van der Waals surface area contributed by atoms with E-state index >= 15 is 0 Å². The number of carbonyl (C=O) groups excluding carboxylic acids is 5. The molecule has 9 heteroatoms. The summed E-state index contributed by atoms with van der Waals surface area (Å²) in [4.78, 5) is 61.6. The van der Waals surface area contributed by atoms with Crippen LogP contribution in [0.25, 0.3) is 0 Å². The van der Waals surface area contributed by atoms with E-state index in [0.717, 1.165) is 17.7 Å². The highest BCUT2D eigenvalue weighted by Gasteiger charge is 2.56. The second-order valence-corrected chi connectivity index (χ2v) is 7.52. The molecule has 154 valence electrons. The third-order valence-corrected chi connectivity index (χ3v) is 5.22. The first-order valence-corrected chi connectivity index (χ1v) is 9.38. The Morgan fingerprint density at radius 2 is 1.93 bits per heavy atom. The fraction of sp³-hybridized carbons (Fsp3) is 0.450. The van der Waals surface area contributed by atoms with Crippen LogP contribution in [0.3, 0.4) is 0 Å². The summed E-state index contributed by atoms with van der Waals surface area (Å²) < 4.78 is 5.08. The third kappa shape index (κ3) is 4.13. The second kappa shape index (κ2) is 7.65. The molecule has 9 nitrogen and oxygen atoms in total. The van der Waals surface area contributed by atoms with Crippen LogP contribution in [0.5, 0.6) is 0 Å². The van der Waals surface area contributed by atoms with Crippen LogP contribution >= 0.6 is 0 Å². The van der Waals surface area contributed by atoms with Crippen molar-refractivity contribution in [3.05, 3.63) is 29.8 Å². The molecule has 0 aromatic heterocycles. The normalized spacial score (nSPS) is 22.1. The van der Waals surface area contributed by atoms with Crippen molar-refractivity contribution in [2.24, 2.45) is 5.92 Å². The number of para-hydroxylation sites is 1. The molecule has 1 aromatic rings. The monoisotopic (exact) mass is 401 g/mol. The SMILES string of the molecule is CC(=O)c1ccccc1NC(=O)[C@@H](C)OC(=O)CN1C(=O)N[C@@](C)(C2CC2)C1=O. The molecule has 29 heavy (non-hydrogen) atoms. The van der Waals surface area contributed by atoms with Crippen molar-refractivity contribution >= 4 is 35.3 Å². The maximum Gasteiger partial charge on any atom is 0.327 e. The van der Waals surface area contributed by atoms with Gasteiger partial charge in [-0.3, -0.25) is 24.1 Å². The zero-order valence-corrected chi connectivity index (χ0v) is 16.5. The Kier molecular flexibility index (Phi) is 5.41. The summed E-state index contributed by atoms with van der Waals surface area (Å²) in [6.45, 7) is 3.82. The van der Waals surface area contributed by atoms with Crippen LogP contribution in [0.15, 0.2) is 24.3 Å². The highest BCUT2D eigenvalue weighted by molar-refractivity contribution is 6.09. The van der Waals surface area contributed by atoms with Gasteiger partial charge in [-0.1, -0.05) is 12.1 Å². The molecule has 1 aliphatic heterocycles. The molecule has 1 aromatic carbocycles. The molecule has 0 unspecified atom stereocenters. The molecule has 0 radical (unpaired) electrons. The number of hydrogen-bond donors (Lipinski definition) is 2. The quantitative estimate of drug-likeness (QED) is 0.405. The minimum absolute atomic E-state index is 0.0750. The van der Waals surface area contributed by atoms with Gasteiger partial charge in [-0.25, -0.2) is 4.79 Å². The van der Waals surface area contributed by atoms with Crippen LogP contribution in [0, 0.1) is 5.92 Å². The number of rotatable bonds is 7. The Hall–Kier alpha value is -3.23. The molecule has 4 amide bonds. The van der Waals surface area contributed by atoms with Crippen LogP contribution in [-0.4, -0.2) is 52.7 Å². The molecular formula is C20H23N3O6. The van der Waals surface area contributed by atoms with E-state index in [0.29, 0.717) is 11.3 Å². The van der Waals surface area contributed by atoms with Crippen LogP contribution in [0.4, 0.5) is 10.5 Å². The van der Waals surface area contributed by atoms with Gasteiger partial charge in [0.1, 0.15) is 12.1 Å². The lowest BCUT2D eigenvalue weighted by Crippen LogP contribution is -2.46. The molecule has 2 atom stereocenters. The Morgan fingerprint density at radius 1 is 1.28 bits per heavy atom. The predicted molar refractivity (Wildman–Crippen MR) is 102 cm³/mol. The van der Waals surface area contributed by atoms with Crippen molar-refractivity contribution in [2.45, 2.75) is 45.3 Å². The maximum absolute atomic E-state index is 12.5. The van der Waals surface area contributed by atoms with E-state index in [1.54, 1.807) is 31.2 Å². The van der Waals surface area contributed by atoms with Crippen molar-refractivity contribution in [1.82, 2.24) is 10.2 Å². The molecular weight excluding hydrogens is 378 g/mol. The molecule has 1 saturated heterocycles. The highest BCUT2D eigenvalue weighted by Crippen LogP contribution is 2.42. The lowest BCUT2D eigenvalue weighted by atomic mass is 9.96. The van der Waals surface area contributed by atoms with Gasteiger partial charge in [0, 0.05) is 5.56 Å². The van der Waals surface area contributed by atoms with Crippen LogP contribution in [-0.2, 0) is 19.1 Å². The summed E-state index contributed by atoms with van der Waals surface area (Å²) in [6.07, 6.45) is 0.512. The first-order valence-electron chi connectivity index (χ1n) is 9.38. The summed E-state index contributed by atoms with van der Waals surface area (Å²) in [7, 11) is 0. The smallest absolute Gasteiger partial charge is 0.327 e. The van der Waals surface area contributed by atoms with Gasteiger partial charge in [-0.2, -0.15) is 0 Å². The number of hydrogen-bond acceptors (Lipinski definition) is 6. The Morgan fingerprint density at radius 3 is 2.55 bits per heavy atom. The molecule has 0 spiro atoms. The number of imide groups is 1. The van der Waals surface area contributed by atoms with Crippen LogP contribution in [0.1, 0.15) is 44.0 Å². The van der Waals surface area contributed by atoms with Gasteiger partial charge in [0.15, 0.2) is 11.9 Å². The van der Waals surface area contributed by atoms with Crippen molar-refractivity contribution in [1.29, 1.82) is 0 Å². The van der Waals surface area contributed by atoms with E-state index in [1.807, 2.05) is 0 Å². The average molecular weight is 401 g/mol. The van der Waals surface area contributed by atoms with Gasteiger partial charge in [-0.15, -0.1) is 0 Å². The fourth-order valence-corrected chi connectivity index (χ4v) is 3.35. The first-order chi connectivity index (χ1) is 13.6. The van der Waals surface area contributed by atoms with Crippen LogP contribution < -0.4 is 10.6 Å². The number of esters is 1.